The number of carbonyl (C=O) groups is 1. The van der Waals surface area contributed by atoms with Crippen LogP contribution in [0.2, 0.25) is 0 Å². The Morgan fingerprint density at radius 3 is 2.50 bits per heavy atom. The Morgan fingerprint density at radius 1 is 1.25 bits per heavy atom. The Kier molecular flexibility index (Phi) is 4.93. The van der Waals surface area contributed by atoms with Gasteiger partial charge in [-0.25, -0.2) is 0 Å². The standard InChI is InChI=1S/C16H19NO2S/c1-11-8-9-15(20-11)12(2)17-10-14(16(18)19)13-6-4-3-5-7-13/h3-9,12,14,17H,10H2,1-2H3,(H,18,19). The van der Waals surface area contributed by atoms with E-state index < -0.39 is 11.9 Å². The van der Waals surface area contributed by atoms with Gasteiger partial charge in [0, 0.05) is 22.3 Å². The second kappa shape index (κ2) is 6.68. The molecule has 0 amide bonds. The van der Waals surface area contributed by atoms with E-state index in [1.54, 1.807) is 11.3 Å². The molecule has 1 heterocycles. The molecule has 3 nitrogen and oxygen atoms in total. The molecule has 0 spiro atoms. The predicted molar refractivity (Wildman–Crippen MR) is 82.3 cm³/mol. The molecular weight excluding hydrogens is 270 g/mol. The summed E-state index contributed by atoms with van der Waals surface area (Å²) in [6.07, 6.45) is 0. The largest absolute Gasteiger partial charge is 0.481 e. The second-order valence-electron chi connectivity index (χ2n) is 4.88. The molecule has 2 rings (SSSR count). The van der Waals surface area contributed by atoms with Crippen LogP contribution in [0.1, 0.15) is 34.2 Å². The van der Waals surface area contributed by atoms with Gasteiger partial charge in [0.2, 0.25) is 0 Å². The first-order chi connectivity index (χ1) is 9.58. The first kappa shape index (κ1) is 14.8. The quantitative estimate of drug-likeness (QED) is 0.854. The summed E-state index contributed by atoms with van der Waals surface area (Å²) in [6, 6.07) is 13.7. The summed E-state index contributed by atoms with van der Waals surface area (Å²) in [5.41, 5.74) is 0.835. The monoisotopic (exact) mass is 289 g/mol. The van der Waals surface area contributed by atoms with Crippen LogP contribution in [0.3, 0.4) is 0 Å². The average molecular weight is 289 g/mol. The van der Waals surface area contributed by atoms with Gasteiger partial charge >= 0.3 is 5.97 Å². The van der Waals surface area contributed by atoms with Crippen molar-refractivity contribution in [1.29, 1.82) is 0 Å². The normalized spacial score (nSPS) is 13.9. The van der Waals surface area contributed by atoms with Gasteiger partial charge < -0.3 is 10.4 Å². The Hall–Kier alpha value is -1.65. The van der Waals surface area contributed by atoms with E-state index in [0.717, 1.165) is 5.56 Å². The molecule has 4 heteroatoms. The number of hydrogen-bond acceptors (Lipinski definition) is 3. The summed E-state index contributed by atoms with van der Waals surface area (Å²) < 4.78 is 0. The van der Waals surface area contributed by atoms with Gasteiger partial charge in [-0.1, -0.05) is 30.3 Å². The van der Waals surface area contributed by atoms with Crippen LogP contribution in [0, 0.1) is 6.92 Å². The van der Waals surface area contributed by atoms with Crippen molar-refractivity contribution >= 4 is 17.3 Å². The van der Waals surface area contributed by atoms with E-state index in [4.69, 9.17) is 0 Å². The van der Waals surface area contributed by atoms with Crippen molar-refractivity contribution in [3.8, 4) is 0 Å². The van der Waals surface area contributed by atoms with Crippen LogP contribution in [0.15, 0.2) is 42.5 Å². The van der Waals surface area contributed by atoms with Crippen molar-refractivity contribution in [2.45, 2.75) is 25.8 Å². The van der Waals surface area contributed by atoms with Crippen LogP contribution in [0.25, 0.3) is 0 Å². The van der Waals surface area contributed by atoms with Crippen molar-refractivity contribution in [1.82, 2.24) is 5.32 Å². The molecular formula is C16H19NO2S. The molecule has 2 atom stereocenters. The van der Waals surface area contributed by atoms with Crippen molar-refractivity contribution in [2.75, 3.05) is 6.54 Å². The highest BCUT2D eigenvalue weighted by atomic mass is 32.1. The van der Waals surface area contributed by atoms with Crippen LogP contribution in [-0.4, -0.2) is 17.6 Å². The third-order valence-electron chi connectivity index (χ3n) is 3.32. The fourth-order valence-electron chi connectivity index (χ4n) is 2.11. The SMILES string of the molecule is Cc1ccc(C(C)NCC(C(=O)O)c2ccccc2)s1. The smallest absolute Gasteiger partial charge is 0.312 e. The van der Waals surface area contributed by atoms with Crippen LogP contribution in [0.4, 0.5) is 0 Å². The summed E-state index contributed by atoms with van der Waals surface area (Å²) in [5.74, 6) is -1.31. The maximum absolute atomic E-state index is 11.4. The average Bonchev–Trinajstić information content (AvgIpc) is 2.86. The van der Waals surface area contributed by atoms with Gasteiger partial charge in [0.05, 0.1) is 5.92 Å². The van der Waals surface area contributed by atoms with E-state index >= 15 is 0 Å². The Bertz CT molecular complexity index is 565. The summed E-state index contributed by atoms with van der Waals surface area (Å²) in [7, 11) is 0. The topological polar surface area (TPSA) is 49.3 Å². The number of hydrogen-bond donors (Lipinski definition) is 2. The summed E-state index contributed by atoms with van der Waals surface area (Å²) in [6.45, 7) is 4.57. The van der Waals surface area contributed by atoms with Crippen molar-refractivity contribution in [3.05, 3.63) is 57.8 Å². The molecule has 0 aliphatic rings. The van der Waals surface area contributed by atoms with Crippen molar-refractivity contribution in [2.24, 2.45) is 0 Å². The number of aliphatic carboxylic acids is 1. The lowest BCUT2D eigenvalue weighted by Gasteiger charge is -2.17. The molecule has 0 aliphatic carbocycles. The van der Waals surface area contributed by atoms with E-state index in [1.807, 2.05) is 30.3 Å². The highest BCUT2D eigenvalue weighted by Gasteiger charge is 2.20. The fraction of sp³-hybridized carbons (Fsp3) is 0.312. The minimum Gasteiger partial charge on any atom is -0.481 e. The van der Waals surface area contributed by atoms with Gasteiger partial charge in [-0.05, 0) is 31.5 Å². The predicted octanol–water partition coefficient (Wildman–Crippen LogP) is 3.58. The first-order valence-corrected chi connectivity index (χ1v) is 7.47. The lowest BCUT2D eigenvalue weighted by molar-refractivity contribution is -0.138. The van der Waals surface area contributed by atoms with E-state index in [0.29, 0.717) is 6.54 Å². The molecule has 0 aliphatic heterocycles. The molecule has 0 saturated carbocycles. The van der Waals surface area contributed by atoms with Crippen LogP contribution >= 0.6 is 11.3 Å². The molecule has 2 unspecified atom stereocenters. The molecule has 1 aromatic heterocycles. The van der Waals surface area contributed by atoms with Gasteiger partial charge in [-0.3, -0.25) is 4.79 Å². The number of nitrogens with one attached hydrogen (secondary N) is 1. The molecule has 20 heavy (non-hydrogen) atoms. The molecule has 0 fully saturated rings. The molecule has 0 saturated heterocycles. The lowest BCUT2D eigenvalue weighted by Crippen LogP contribution is -2.28. The molecule has 0 radical (unpaired) electrons. The number of benzene rings is 1. The Morgan fingerprint density at radius 2 is 1.95 bits per heavy atom. The van der Waals surface area contributed by atoms with Gasteiger partial charge in [0.15, 0.2) is 0 Å². The van der Waals surface area contributed by atoms with Crippen molar-refractivity contribution < 1.29 is 9.90 Å². The fourth-order valence-corrected chi connectivity index (χ4v) is 3.02. The Balaban J connectivity index is 2.01. The van der Waals surface area contributed by atoms with Crippen LogP contribution in [-0.2, 0) is 4.79 Å². The number of carboxylic acids is 1. The molecule has 2 N–H and O–H groups in total. The molecule has 0 bridgehead atoms. The highest BCUT2D eigenvalue weighted by molar-refractivity contribution is 7.12. The Labute approximate surface area is 123 Å². The number of carboxylic acid groups (broad SMARTS) is 1. The van der Waals surface area contributed by atoms with E-state index in [1.165, 1.54) is 9.75 Å². The van der Waals surface area contributed by atoms with Crippen LogP contribution in [0.5, 0.6) is 0 Å². The van der Waals surface area contributed by atoms with E-state index in [9.17, 15) is 9.90 Å². The number of thiophene rings is 1. The maximum Gasteiger partial charge on any atom is 0.312 e. The first-order valence-electron chi connectivity index (χ1n) is 6.65. The summed E-state index contributed by atoms with van der Waals surface area (Å²) >= 11 is 1.74. The molecule has 1 aromatic carbocycles. The number of rotatable bonds is 6. The minimum atomic E-state index is -0.793. The minimum absolute atomic E-state index is 0.166. The number of aryl methyl sites for hydroxylation is 1. The second-order valence-corrected chi connectivity index (χ2v) is 6.20. The zero-order chi connectivity index (χ0) is 14.5. The van der Waals surface area contributed by atoms with Crippen molar-refractivity contribution in [3.63, 3.8) is 0 Å². The van der Waals surface area contributed by atoms with E-state index in [2.05, 4.69) is 31.3 Å². The maximum atomic E-state index is 11.4. The highest BCUT2D eigenvalue weighted by Crippen LogP contribution is 2.23. The molecule has 106 valence electrons. The van der Waals surface area contributed by atoms with Crippen LogP contribution < -0.4 is 5.32 Å². The summed E-state index contributed by atoms with van der Waals surface area (Å²) in [5, 5.41) is 12.7. The van der Waals surface area contributed by atoms with Gasteiger partial charge in [0.1, 0.15) is 0 Å². The third kappa shape index (κ3) is 3.68. The van der Waals surface area contributed by atoms with Gasteiger partial charge in [-0.2, -0.15) is 0 Å². The van der Waals surface area contributed by atoms with Gasteiger partial charge in [0.25, 0.3) is 0 Å². The van der Waals surface area contributed by atoms with E-state index in [-0.39, 0.29) is 6.04 Å². The lowest BCUT2D eigenvalue weighted by atomic mass is 9.99. The summed E-state index contributed by atoms with van der Waals surface area (Å²) in [4.78, 5) is 13.9. The third-order valence-corrected chi connectivity index (χ3v) is 4.50. The zero-order valence-corrected chi connectivity index (χ0v) is 12.5. The molecule has 2 aromatic rings. The van der Waals surface area contributed by atoms with Gasteiger partial charge in [-0.15, -0.1) is 11.3 Å². The zero-order valence-electron chi connectivity index (χ0n) is 11.7.